The summed E-state index contributed by atoms with van der Waals surface area (Å²) in [7, 11) is 0. The van der Waals surface area contributed by atoms with Crippen LogP contribution in [0.25, 0.3) is 0 Å². The standard InChI is InChI=1S/C14H19N3OS2/c1-4-5-14-16-9(2)12(20-14)7-15-13(18)6-11-8-19-10(3)17-11/h8H,4-7H2,1-3H3,(H,15,18). The molecule has 0 aliphatic carbocycles. The van der Waals surface area contributed by atoms with Crippen LogP contribution in [0.4, 0.5) is 0 Å². The summed E-state index contributed by atoms with van der Waals surface area (Å²) in [5, 5.41) is 7.04. The maximum absolute atomic E-state index is 11.9. The van der Waals surface area contributed by atoms with E-state index in [0.29, 0.717) is 13.0 Å². The van der Waals surface area contributed by atoms with Crippen LogP contribution in [0.3, 0.4) is 0 Å². The van der Waals surface area contributed by atoms with E-state index in [1.54, 1.807) is 22.7 Å². The molecule has 20 heavy (non-hydrogen) atoms. The molecular formula is C14H19N3OS2. The summed E-state index contributed by atoms with van der Waals surface area (Å²) >= 11 is 3.27. The van der Waals surface area contributed by atoms with Gasteiger partial charge in [0, 0.05) is 10.3 Å². The molecule has 0 aliphatic heterocycles. The van der Waals surface area contributed by atoms with Gasteiger partial charge < -0.3 is 5.32 Å². The molecule has 0 radical (unpaired) electrons. The molecule has 0 unspecified atom stereocenters. The number of rotatable bonds is 6. The number of aromatic nitrogens is 2. The lowest BCUT2D eigenvalue weighted by atomic mass is 10.3. The van der Waals surface area contributed by atoms with Crippen molar-refractivity contribution in [1.82, 2.24) is 15.3 Å². The second-order valence-corrected chi connectivity index (χ2v) is 6.91. The Morgan fingerprint density at radius 3 is 2.80 bits per heavy atom. The van der Waals surface area contributed by atoms with E-state index >= 15 is 0 Å². The van der Waals surface area contributed by atoms with E-state index < -0.39 is 0 Å². The first-order chi connectivity index (χ1) is 9.58. The summed E-state index contributed by atoms with van der Waals surface area (Å²) in [6, 6.07) is 0. The van der Waals surface area contributed by atoms with Gasteiger partial charge in [0.25, 0.3) is 0 Å². The van der Waals surface area contributed by atoms with Crippen LogP contribution >= 0.6 is 22.7 Å². The number of amides is 1. The highest BCUT2D eigenvalue weighted by atomic mass is 32.1. The Labute approximate surface area is 127 Å². The Bertz CT molecular complexity index is 589. The summed E-state index contributed by atoms with van der Waals surface area (Å²) in [6.45, 7) is 6.66. The van der Waals surface area contributed by atoms with E-state index in [2.05, 4.69) is 22.2 Å². The van der Waals surface area contributed by atoms with Crippen molar-refractivity contribution < 1.29 is 4.79 Å². The minimum atomic E-state index is 0.0140. The Hall–Kier alpha value is -1.27. The molecule has 2 heterocycles. The average Bonchev–Trinajstić information content (AvgIpc) is 2.94. The van der Waals surface area contributed by atoms with E-state index in [4.69, 9.17) is 0 Å². The van der Waals surface area contributed by atoms with Crippen molar-refractivity contribution >= 4 is 28.6 Å². The fourth-order valence-electron chi connectivity index (χ4n) is 1.87. The van der Waals surface area contributed by atoms with Crippen LogP contribution in [0, 0.1) is 13.8 Å². The second-order valence-electron chi connectivity index (χ2n) is 4.68. The Kier molecular flexibility index (Phi) is 5.25. The molecule has 2 aromatic heterocycles. The topological polar surface area (TPSA) is 54.9 Å². The SMILES string of the molecule is CCCc1nc(C)c(CNC(=O)Cc2csc(C)n2)s1. The summed E-state index contributed by atoms with van der Waals surface area (Å²) in [4.78, 5) is 21.8. The number of nitrogens with one attached hydrogen (secondary N) is 1. The molecule has 0 aliphatic rings. The number of nitrogens with zero attached hydrogens (tertiary/aromatic N) is 2. The zero-order valence-corrected chi connectivity index (χ0v) is 13.7. The lowest BCUT2D eigenvalue weighted by Gasteiger charge is -2.02. The third kappa shape index (κ3) is 4.11. The van der Waals surface area contributed by atoms with Crippen LogP contribution < -0.4 is 5.32 Å². The third-order valence-electron chi connectivity index (χ3n) is 2.86. The van der Waals surface area contributed by atoms with Crippen LogP contribution in [0.15, 0.2) is 5.38 Å². The van der Waals surface area contributed by atoms with Crippen LogP contribution in [0.2, 0.25) is 0 Å². The highest BCUT2D eigenvalue weighted by Gasteiger charge is 2.10. The molecule has 0 atom stereocenters. The number of carbonyl (C=O) groups excluding carboxylic acids is 1. The second kappa shape index (κ2) is 6.95. The molecule has 0 fully saturated rings. The normalized spacial score (nSPS) is 10.8. The lowest BCUT2D eigenvalue weighted by molar-refractivity contribution is -0.120. The molecule has 0 saturated carbocycles. The van der Waals surface area contributed by atoms with E-state index in [1.165, 1.54) is 0 Å². The van der Waals surface area contributed by atoms with Gasteiger partial charge in [-0.15, -0.1) is 22.7 Å². The van der Waals surface area contributed by atoms with Gasteiger partial charge in [-0.25, -0.2) is 9.97 Å². The molecule has 6 heteroatoms. The number of hydrogen-bond donors (Lipinski definition) is 1. The van der Waals surface area contributed by atoms with E-state index in [0.717, 1.165) is 39.1 Å². The first-order valence-electron chi connectivity index (χ1n) is 6.71. The van der Waals surface area contributed by atoms with Crippen molar-refractivity contribution in [1.29, 1.82) is 0 Å². The van der Waals surface area contributed by atoms with Crippen molar-refractivity contribution in [3.63, 3.8) is 0 Å². The number of thiazole rings is 2. The van der Waals surface area contributed by atoms with Gasteiger partial charge in [0.1, 0.15) is 0 Å². The minimum absolute atomic E-state index is 0.0140. The van der Waals surface area contributed by atoms with E-state index in [9.17, 15) is 4.79 Å². The van der Waals surface area contributed by atoms with E-state index in [-0.39, 0.29) is 5.91 Å². The van der Waals surface area contributed by atoms with Gasteiger partial charge in [-0.3, -0.25) is 4.79 Å². The number of carbonyl (C=O) groups is 1. The van der Waals surface area contributed by atoms with Crippen molar-refractivity contribution in [3.8, 4) is 0 Å². The predicted molar refractivity (Wildman–Crippen MR) is 83.2 cm³/mol. The molecular weight excluding hydrogens is 290 g/mol. The van der Waals surface area contributed by atoms with Crippen LogP contribution in [0.1, 0.15) is 39.6 Å². The molecule has 0 bridgehead atoms. The smallest absolute Gasteiger partial charge is 0.226 e. The largest absolute Gasteiger partial charge is 0.351 e. The van der Waals surface area contributed by atoms with Crippen LogP contribution in [-0.2, 0) is 24.2 Å². The van der Waals surface area contributed by atoms with Crippen molar-refractivity contribution in [2.75, 3.05) is 0 Å². The predicted octanol–water partition coefficient (Wildman–Crippen LogP) is 3.03. The fraction of sp³-hybridized carbons (Fsp3) is 0.500. The highest BCUT2D eigenvalue weighted by Crippen LogP contribution is 2.19. The summed E-state index contributed by atoms with van der Waals surface area (Å²) < 4.78 is 0. The van der Waals surface area contributed by atoms with E-state index in [1.807, 2.05) is 19.2 Å². The highest BCUT2D eigenvalue weighted by molar-refractivity contribution is 7.11. The lowest BCUT2D eigenvalue weighted by Crippen LogP contribution is -2.24. The molecule has 0 spiro atoms. The molecule has 4 nitrogen and oxygen atoms in total. The molecule has 0 aromatic carbocycles. The summed E-state index contributed by atoms with van der Waals surface area (Å²) in [5.41, 5.74) is 1.88. The molecule has 0 saturated heterocycles. The van der Waals surface area contributed by atoms with Crippen molar-refractivity contribution in [3.05, 3.63) is 31.7 Å². The number of aryl methyl sites for hydroxylation is 3. The first kappa shape index (κ1) is 15.1. The molecule has 1 amide bonds. The summed E-state index contributed by atoms with van der Waals surface area (Å²) in [5.74, 6) is 0.0140. The first-order valence-corrected chi connectivity index (χ1v) is 8.41. The van der Waals surface area contributed by atoms with Crippen molar-refractivity contribution in [2.45, 2.75) is 46.6 Å². The fourth-order valence-corrected chi connectivity index (χ4v) is 3.59. The Morgan fingerprint density at radius 2 is 2.15 bits per heavy atom. The van der Waals surface area contributed by atoms with Crippen molar-refractivity contribution in [2.24, 2.45) is 0 Å². The van der Waals surface area contributed by atoms with Gasteiger partial charge in [-0.2, -0.15) is 0 Å². The van der Waals surface area contributed by atoms with Crippen LogP contribution in [-0.4, -0.2) is 15.9 Å². The average molecular weight is 309 g/mol. The molecule has 2 aromatic rings. The monoisotopic (exact) mass is 309 g/mol. The molecule has 2 rings (SSSR count). The maximum Gasteiger partial charge on any atom is 0.226 e. The van der Waals surface area contributed by atoms with Crippen LogP contribution in [0.5, 0.6) is 0 Å². The third-order valence-corrected chi connectivity index (χ3v) is 4.89. The maximum atomic E-state index is 11.9. The Morgan fingerprint density at radius 1 is 1.35 bits per heavy atom. The van der Waals surface area contributed by atoms with Gasteiger partial charge in [0.05, 0.1) is 34.4 Å². The number of hydrogen-bond acceptors (Lipinski definition) is 5. The molecule has 108 valence electrons. The van der Waals surface area contributed by atoms with Gasteiger partial charge in [0.15, 0.2) is 0 Å². The van der Waals surface area contributed by atoms with Gasteiger partial charge in [0.2, 0.25) is 5.91 Å². The van der Waals surface area contributed by atoms with Gasteiger partial charge >= 0.3 is 0 Å². The van der Waals surface area contributed by atoms with Gasteiger partial charge in [-0.1, -0.05) is 6.92 Å². The molecule has 1 N–H and O–H groups in total. The zero-order valence-electron chi connectivity index (χ0n) is 12.0. The van der Waals surface area contributed by atoms with Gasteiger partial charge in [-0.05, 0) is 26.7 Å². The quantitative estimate of drug-likeness (QED) is 0.892. The summed E-state index contributed by atoms with van der Waals surface area (Å²) in [6.07, 6.45) is 2.46. The zero-order chi connectivity index (χ0) is 14.5. The Balaban J connectivity index is 1.86. The minimum Gasteiger partial charge on any atom is -0.351 e.